The molecule has 54 heavy (non-hydrogen) atoms. The lowest BCUT2D eigenvalue weighted by atomic mass is 9.97. The van der Waals surface area contributed by atoms with Gasteiger partial charge in [-0.3, -0.25) is 0 Å². The fourth-order valence-corrected chi connectivity index (χ4v) is 8.29. The van der Waals surface area contributed by atoms with Crippen LogP contribution in [0.15, 0.2) is 206 Å². The lowest BCUT2D eigenvalue weighted by Crippen LogP contribution is -2.11. The Labute approximate surface area is 319 Å². The molecule has 0 saturated heterocycles. The smallest absolute Gasteiger partial charge is 0.0646 e. The average molecular weight is 691 g/mol. The molecule has 0 aliphatic rings. The first kappa shape index (κ1) is 26.6. The number of hydrogen-bond donors (Lipinski definition) is 0. The summed E-state index contributed by atoms with van der Waals surface area (Å²) in [5.74, 6) is 0. The zero-order valence-electron chi connectivity index (χ0n) is 33.2. The Morgan fingerprint density at radius 2 is 0.852 bits per heavy atom. The van der Waals surface area contributed by atoms with Gasteiger partial charge < -0.3 is 9.47 Å². The van der Waals surface area contributed by atoms with Crippen LogP contribution in [-0.4, -0.2) is 4.57 Å². The predicted octanol–water partition coefficient (Wildman–Crippen LogP) is 14.5. The molecule has 11 rings (SSSR count). The lowest BCUT2D eigenvalue weighted by molar-refractivity contribution is 1.17. The van der Waals surface area contributed by atoms with E-state index in [0.29, 0.717) is 0 Å². The zero-order valence-corrected chi connectivity index (χ0v) is 29.2. The molecule has 0 amide bonds. The van der Waals surface area contributed by atoms with Crippen molar-refractivity contribution < 1.29 is 5.48 Å². The van der Waals surface area contributed by atoms with Crippen LogP contribution < -0.4 is 4.90 Å². The molecule has 0 radical (unpaired) electrons. The first-order valence-corrected chi connectivity index (χ1v) is 18.3. The predicted molar refractivity (Wildman–Crippen MR) is 231 cm³/mol. The van der Waals surface area contributed by atoms with E-state index in [-0.39, 0.29) is 35.5 Å². The topological polar surface area (TPSA) is 8.17 Å². The summed E-state index contributed by atoms with van der Waals surface area (Å²) in [7, 11) is 0. The van der Waals surface area contributed by atoms with Gasteiger partial charge in [-0.05, 0) is 109 Å². The van der Waals surface area contributed by atoms with Crippen LogP contribution in [0, 0.1) is 0 Å². The number of para-hydroxylation sites is 2. The number of fused-ring (bicyclic) bond motifs is 9. The fourth-order valence-electron chi connectivity index (χ4n) is 8.29. The number of nitrogens with zero attached hydrogens (tertiary/aromatic N) is 2. The highest BCUT2D eigenvalue weighted by Gasteiger charge is 2.19. The lowest BCUT2D eigenvalue weighted by Gasteiger charge is -2.28. The van der Waals surface area contributed by atoms with E-state index in [2.05, 4.69) is 97.1 Å². The van der Waals surface area contributed by atoms with Crippen molar-refractivity contribution in [3.05, 3.63) is 206 Å². The molecule has 11 aromatic rings. The van der Waals surface area contributed by atoms with Crippen molar-refractivity contribution in [3.63, 3.8) is 0 Å². The first-order valence-electron chi connectivity index (χ1n) is 20.3. The highest BCUT2D eigenvalue weighted by molar-refractivity contribution is 6.15. The summed E-state index contributed by atoms with van der Waals surface area (Å²) in [4.78, 5) is 1.92. The van der Waals surface area contributed by atoms with Crippen molar-refractivity contribution in [2.75, 3.05) is 4.90 Å². The maximum Gasteiger partial charge on any atom is 0.0646 e. The SMILES string of the molecule is [2H]c1c([2H])c(-n2c3ccccc3c3ccccc32)c([2H])c([2H])c1N(c1ccc(-c2ccc3c(ccc4ccccc43)c2)cc1)c1cc2ccccc2c2ccccc12. The van der Waals surface area contributed by atoms with Gasteiger partial charge in [-0.15, -0.1) is 0 Å². The van der Waals surface area contributed by atoms with E-state index in [9.17, 15) is 5.48 Å². The Morgan fingerprint density at radius 1 is 0.352 bits per heavy atom. The van der Waals surface area contributed by atoms with E-state index in [1.54, 1.807) is 0 Å². The molecule has 252 valence electrons. The molecule has 1 heterocycles. The number of aromatic nitrogens is 1. The molecule has 0 spiro atoms. The van der Waals surface area contributed by atoms with Crippen LogP contribution in [0.5, 0.6) is 0 Å². The molecule has 0 aliphatic heterocycles. The normalized spacial score (nSPS) is 12.7. The van der Waals surface area contributed by atoms with Gasteiger partial charge in [-0.1, -0.05) is 146 Å². The van der Waals surface area contributed by atoms with E-state index in [1.807, 2.05) is 94.4 Å². The van der Waals surface area contributed by atoms with Crippen LogP contribution in [-0.2, 0) is 0 Å². The maximum atomic E-state index is 9.76. The Morgan fingerprint density at radius 3 is 1.56 bits per heavy atom. The van der Waals surface area contributed by atoms with Gasteiger partial charge in [0.25, 0.3) is 0 Å². The van der Waals surface area contributed by atoms with Crippen molar-refractivity contribution in [2.24, 2.45) is 0 Å². The minimum atomic E-state index is -0.124. The summed E-state index contributed by atoms with van der Waals surface area (Å²) in [6.45, 7) is 0. The van der Waals surface area contributed by atoms with Crippen LogP contribution >= 0.6 is 0 Å². The van der Waals surface area contributed by atoms with E-state index >= 15 is 0 Å². The third-order valence-corrected chi connectivity index (χ3v) is 10.8. The van der Waals surface area contributed by atoms with Gasteiger partial charge in [0.15, 0.2) is 0 Å². The number of hydrogen-bond acceptors (Lipinski definition) is 1. The Bertz CT molecular complexity index is 3380. The molecule has 1 aromatic heterocycles. The molecular formula is C52H34N2. The largest absolute Gasteiger partial charge is 0.310 e. The van der Waals surface area contributed by atoms with Gasteiger partial charge in [0.1, 0.15) is 0 Å². The van der Waals surface area contributed by atoms with Crippen LogP contribution in [0.25, 0.3) is 81.7 Å². The highest BCUT2D eigenvalue weighted by atomic mass is 15.1. The summed E-state index contributed by atoms with van der Waals surface area (Å²) in [6, 6.07) is 61.5. The molecule has 0 N–H and O–H groups in total. The minimum Gasteiger partial charge on any atom is -0.310 e. The van der Waals surface area contributed by atoms with E-state index in [4.69, 9.17) is 0 Å². The second-order valence-electron chi connectivity index (χ2n) is 13.8. The molecule has 0 saturated carbocycles. The fraction of sp³-hybridized carbons (Fsp3) is 0. The molecule has 2 nitrogen and oxygen atoms in total. The molecule has 0 aliphatic carbocycles. The summed E-state index contributed by atoms with van der Waals surface area (Å²) in [5, 5.41) is 10.9. The van der Waals surface area contributed by atoms with Gasteiger partial charge in [-0.25, -0.2) is 0 Å². The van der Waals surface area contributed by atoms with Gasteiger partial charge in [0.2, 0.25) is 0 Å². The Kier molecular flexibility index (Phi) is 6.02. The molecular weight excluding hydrogens is 653 g/mol. The molecule has 10 aromatic carbocycles. The number of rotatable bonds is 5. The van der Waals surface area contributed by atoms with Gasteiger partial charge >= 0.3 is 0 Å². The third kappa shape index (κ3) is 4.81. The van der Waals surface area contributed by atoms with Crippen LogP contribution in [0.3, 0.4) is 0 Å². The Hall–Kier alpha value is -7.16. The summed E-state index contributed by atoms with van der Waals surface area (Å²) >= 11 is 0. The second-order valence-corrected chi connectivity index (χ2v) is 13.8. The Balaban J connectivity index is 1.14. The van der Waals surface area contributed by atoms with Gasteiger partial charge in [-0.2, -0.15) is 0 Å². The third-order valence-electron chi connectivity index (χ3n) is 10.8. The number of anilines is 3. The van der Waals surface area contributed by atoms with Crippen LogP contribution in [0.4, 0.5) is 17.1 Å². The van der Waals surface area contributed by atoms with Crippen molar-refractivity contribution in [3.8, 4) is 16.8 Å². The minimum absolute atomic E-state index is 0.113. The van der Waals surface area contributed by atoms with E-state index < -0.39 is 0 Å². The van der Waals surface area contributed by atoms with Gasteiger partial charge in [0.05, 0.1) is 22.2 Å². The molecule has 0 bridgehead atoms. The van der Waals surface area contributed by atoms with Crippen molar-refractivity contribution in [2.45, 2.75) is 0 Å². The highest BCUT2D eigenvalue weighted by Crippen LogP contribution is 2.43. The van der Waals surface area contributed by atoms with Crippen molar-refractivity contribution in [1.29, 1.82) is 0 Å². The maximum absolute atomic E-state index is 9.76. The van der Waals surface area contributed by atoms with Crippen molar-refractivity contribution >= 4 is 82.0 Å². The van der Waals surface area contributed by atoms with Crippen LogP contribution in [0.1, 0.15) is 5.48 Å². The van der Waals surface area contributed by atoms with E-state index in [1.165, 1.54) is 16.2 Å². The summed E-state index contributed by atoms with van der Waals surface area (Å²) < 4.78 is 40.7. The van der Waals surface area contributed by atoms with Crippen LogP contribution in [0.2, 0.25) is 0 Å². The monoisotopic (exact) mass is 690 g/mol. The quantitative estimate of drug-likeness (QED) is 0.163. The number of benzene rings is 10. The van der Waals surface area contributed by atoms with Crippen molar-refractivity contribution in [1.82, 2.24) is 4.57 Å². The molecule has 0 unspecified atom stereocenters. The molecule has 2 heteroatoms. The first-order chi connectivity index (χ1) is 28.5. The summed E-state index contributed by atoms with van der Waals surface area (Å²) in [6.07, 6.45) is 0. The average Bonchev–Trinajstić information content (AvgIpc) is 3.61. The zero-order chi connectivity index (χ0) is 39.1. The second kappa shape index (κ2) is 12.2. The molecule has 0 atom stereocenters. The van der Waals surface area contributed by atoms with Gasteiger partial charge in [0, 0.05) is 33.2 Å². The summed E-state index contributed by atoms with van der Waals surface area (Å²) in [5.41, 5.74) is 5.66. The molecule has 0 fully saturated rings. The standard InChI is InChI=1S/C52H34N2/c1-3-13-43-36(11-1)21-22-39-33-37(25-32-45(39)43)35-23-26-40(27-24-35)53(52-34-38-12-2-4-14-44(38)46-15-5-6-16-47(46)52)41-28-30-42(31-29-41)54-50-19-9-7-17-48(50)49-18-8-10-20-51(49)54/h1-34H/i28D,29D,30D,31D. The van der Waals surface area contributed by atoms with E-state index in [0.717, 1.165) is 71.2 Å².